The number of carbonyl (C=O) groups is 1. The lowest BCUT2D eigenvalue weighted by Crippen LogP contribution is -2.48. The van der Waals surface area contributed by atoms with E-state index >= 15 is 0 Å². The van der Waals surface area contributed by atoms with Crippen molar-refractivity contribution in [2.24, 2.45) is 0 Å². The summed E-state index contributed by atoms with van der Waals surface area (Å²) in [4.78, 5) is 21.8. The first kappa shape index (κ1) is 17.3. The summed E-state index contributed by atoms with van der Waals surface area (Å²) >= 11 is 0. The third kappa shape index (κ3) is 3.53. The summed E-state index contributed by atoms with van der Waals surface area (Å²) in [5.41, 5.74) is 1.42. The fraction of sp³-hybridized carbons (Fsp3) is 0.529. The van der Waals surface area contributed by atoms with Crippen molar-refractivity contribution in [1.29, 1.82) is 0 Å². The highest BCUT2D eigenvalue weighted by Crippen LogP contribution is 2.28. The predicted octanol–water partition coefficient (Wildman–Crippen LogP) is 1.78. The Balaban J connectivity index is 1.35. The van der Waals surface area contributed by atoms with Crippen LogP contribution in [-0.2, 0) is 9.84 Å². The summed E-state index contributed by atoms with van der Waals surface area (Å²) in [6, 6.07) is 4.00. The van der Waals surface area contributed by atoms with Crippen molar-refractivity contribution in [3.8, 4) is 0 Å². The molecule has 2 aliphatic rings. The molecule has 1 atom stereocenters. The number of hydrogen-bond acceptors (Lipinski definition) is 4. The zero-order valence-corrected chi connectivity index (χ0v) is 15.1. The first-order chi connectivity index (χ1) is 12.4. The van der Waals surface area contributed by atoms with Gasteiger partial charge in [-0.3, -0.25) is 0 Å². The number of nitrogens with one attached hydrogen (secondary N) is 2. The highest BCUT2D eigenvalue weighted by molar-refractivity contribution is 7.91. The van der Waals surface area contributed by atoms with Crippen LogP contribution >= 0.6 is 0 Å². The minimum absolute atomic E-state index is 0.0325. The van der Waals surface area contributed by atoms with Gasteiger partial charge in [-0.1, -0.05) is 0 Å². The topological polar surface area (TPSA) is 95.2 Å². The molecule has 0 bridgehead atoms. The standard InChI is InChI=1S/C17H21FN4O3S/c18-12-1-2-14-15(9-12)21-16(20-14)11-3-6-22(7-4-11)17(23)19-13-5-8-26(24,25)10-13/h1-2,9,11,13H,3-8,10H2,(H,19,23)(H,20,21)/t13-/m0/s1. The van der Waals surface area contributed by atoms with Crippen LogP contribution in [0.15, 0.2) is 18.2 Å². The lowest BCUT2D eigenvalue weighted by molar-refractivity contribution is 0.177. The highest BCUT2D eigenvalue weighted by Gasteiger charge is 2.31. The van der Waals surface area contributed by atoms with Gasteiger partial charge < -0.3 is 15.2 Å². The monoisotopic (exact) mass is 380 g/mol. The minimum atomic E-state index is -3.00. The zero-order chi connectivity index (χ0) is 18.3. The van der Waals surface area contributed by atoms with Crippen LogP contribution in [0.3, 0.4) is 0 Å². The van der Waals surface area contributed by atoms with Gasteiger partial charge in [-0.2, -0.15) is 0 Å². The number of benzene rings is 1. The van der Waals surface area contributed by atoms with Crippen LogP contribution in [0.2, 0.25) is 0 Å². The van der Waals surface area contributed by atoms with E-state index in [-0.39, 0.29) is 35.3 Å². The quantitative estimate of drug-likeness (QED) is 0.830. The average molecular weight is 380 g/mol. The smallest absolute Gasteiger partial charge is 0.317 e. The van der Waals surface area contributed by atoms with Crippen LogP contribution in [0.1, 0.15) is 31.0 Å². The summed E-state index contributed by atoms with van der Waals surface area (Å²) in [6.45, 7) is 1.17. The number of carbonyl (C=O) groups excluding carboxylic acids is 1. The number of fused-ring (bicyclic) bond motifs is 1. The van der Waals surface area contributed by atoms with E-state index in [1.54, 1.807) is 11.0 Å². The zero-order valence-electron chi connectivity index (χ0n) is 14.2. The van der Waals surface area contributed by atoms with Gasteiger partial charge in [0.1, 0.15) is 11.6 Å². The molecule has 3 heterocycles. The van der Waals surface area contributed by atoms with Gasteiger partial charge in [-0.05, 0) is 37.5 Å². The average Bonchev–Trinajstić information content (AvgIpc) is 3.17. The largest absolute Gasteiger partial charge is 0.342 e. The van der Waals surface area contributed by atoms with E-state index in [1.807, 2.05) is 0 Å². The number of urea groups is 1. The maximum atomic E-state index is 13.3. The number of sulfone groups is 1. The second-order valence-corrected chi connectivity index (χ2v) is 9.32. The molecule has 4 rings (SSSR count). The van der Waals surface area contributed by atoms with E-state index in [2.05, 4.69) is 15.3 Å². The Morgan fingerprint density at radius 3 is 2.73 bits per heavy atom. The Labute approximate surface area is 150 Å². The van der Waals surface area contributed by atoms with Crippen LogP contribution in [0.4, 0.5) is 9.18 Å². The SMILES string of the molecule is O=C(N[C@H]1CCS(=O)(=O)C1)N1CCC(c2nc3ccc(F)cc3[nH]2)CC1. The number of aromatic nitrogens is 2. The molecular weight excluding hydrogens is 359 g/mol. The molecule has 7 nitrogen and oxygen atoms in total. The fourth-order valence-electron chi connectivity index (χ4n) is 3.73. The molecular formula is C17H21FN4O3S. The molecule has 2 N–H and O–H groups in total. The lowest BCUT2D eigenvalue weighted by Gasteiger charge is -2.32. The number of amides is 2. The minimum Gasteiger partial charge on any atom is -0.342 e. The van der Waals surface area contributed by atoms with Gasteiger partial charge in [0, 0.05) is 25.0 Å². The van der Waals surface area contributed by atoms with Crippen molar-refractivity contribution in [2.75, 3.05) is 24.6 Å². The van der Waals surface area contributed by atoms with Crippen molar-refractivity contribution >= 4 is 26.9 Å². The number of imidazole rings is 1. The summed E-state index contributed by atoms with van der Waals surface area (Å²) in [5, 5.41) is 2.83. The number of hydrogen-bond donors (Lipinski definition) is 2. The fourth-order valence-corrected chi connectivity index (χ4v) is 5.40. The number of H-pyrrole nitrogens is 1. The Kier molecular flexibility index (Phi) is 4.34. The van der Waals surface area contributed by atoms with Gasteiger partial charge in [0.05, 0.1) is 22.5 Å². The van der Waals surface area contributed by atoms with E-state index < -0.39 is 9.84 Å². The molecule has 0 radical (unpaired) electrons. The van der Waals surface area contributed by atoms with Crippen LogP contribution < -0.4 is 5.32 Å². The van der Waals surface area contributed by atoms with Crippen LogP contribution in [0, 0.1) is 5.82 Å². The maximum absolute atomic E-state index is 13.3. The third-order valence-electron chi connectivity index (χ3n) is 5.19. The molecule has 0 spiro atoms. The van der Waals surface area contributed by atoms with E-state index in [0.29, 0.717) is 25.0 Å². The molecule has 140 valence electrons. The van der Waals surface area contributed by atoms with Gasteiger partial charge in [-0.25, -0.2) is 22.6 Å². The second kappa shape index (κ2) is 6.53. The first-order valence-corrected chi connectivity index (χ1v) is 10.6. The first-order valence-electron chi connectivity index (χ1n) is 8.81. The normalized spacial score (nSPS) is 23.4. The summed E-state index contributed by atoms with van der Waals surface area (Å²) in [5.74, 6) is 0.902. The number of rotatable bonds is 2. The van der Waals surface area contributed by atoms with Gasteiger partial charge >= 0.3 is 6.03 Å². The molecule has 9 heteroatoms. The van der Waals surface area contributed by atoms with E-state index in [9.17, 15) is 17.6 Å². The summed E-state index contributed by atoms with van der Waals surface area (Å²) < 4.78 is 36.3. The lowest BCUT2D eigenvalue weighted by atomic mass is 9.96. The Hall–Kier alpha value is -2.16. The number of aromatic amines is 1. The van der Waals surface area contributed by atoms with Gasteiger partial charge in [0.15, 0.2) is 9.84 Å². The molecule has 2 fully saturated rings. The molecule has 2 aliphatic heterocycles. The van der Waals surface area contributed by atoms with E-state index in [4.69, 9.17) is 0 Å². The highest BCUT2D eigenvalue weighted by atomic mass is 32.2. The molecule has 0 saturated carbocycles. The van der Waals surface area contributed by atoms with Crippen molar-refractivity contribution in [1.82, 2.24) is 20.2 Å². The van der Waals surface area contributed by atoms with Crippen molar-refractivity contribution < 1.29 is 17.6 Å². The van der Waals surface area contributed by atoms with Gasteiger partial charge in [-0.15, -0.1) is 0 Å². The van der Waals surface area contributed by atoms with E-state index in [1.165, 1.54) is 12.1 Å². The van der Waals surface area contributed by atoms with Crippen molar-refractivity contribution in [2.45, 2.75) is 31.2 Å². The van der Waals surface area contributed by atoms with Gasteiger partial charge in [0.25, 0.3) is 0 Å². The second-order valence-electron chi connectivity index (χ2n) is 7.09. The Bertz CT molecular complexity index is 935. The van der Waals surface area contributed by atoms with Crippen LogP contribution in [0.5, 0.6) is 0 Å². The van der Waals surface area contributed by atoms with Gasteiger partial charge in [0.2, 0.25) is 0 Å². The molecule has 0 aliphatic carbocycles. The Morgan fingerprint density at radius 1 is 1.27 bits per heavy atom. The molecule has 1 aromatic carbocycles. The van der Waals surface area contributed by atoms with Crippen LogP contribution in [-0.4, -0.2) is 60.0 Å². The van der Waals surface area contributed by atoms with Crippen molar-refractivity contribution in [3.05, 3.63) is 29.8 Å². The summed E-state index contributed by atoms with van der Waals surface area (Å²) in [7, 11) is -3.00. The number of halogens is 1. The predicted molar refractivity (Wildman–Crippen MR) is 95.2 cm³/mol. The number of nitrogens with zero attached hydrogens (tertiary/aromatic N) is 2. The maximum Gasteiger partial charge on any atom is 0.317 e. The molecule has 26 heavy (non-hydrogen) atoms. The molecule has 0 unspecified atom stereocenters. The molecule has 2 aromatic rings. The summed E-state index contributed by atoms with van der Waals surface area (Å²) in [6.07, 6.45) is 2.01. The Morgan fingerprint density at radius 2 is 2.04 bits per heavy atom. The third-order valence-corrected chi connectivity index (χ3v) is 6.96. The molecule has 1 aromatic heterocycles. The van der Waals surface area contributed by atoms with Crippen molar-refractivity contribution in [3.63, 3.8) is 0 Å². The number of piperidine rings is 1. The number of likely N-dealkylation sites (tertiary alicyclic amines) is 1. The molecule has 2 amide bonds. The van der Waals surface area contributed by atoms with E-state index in [0.717, 1.165) is 24.2 Å². The van der Waals surface area contributed by atoms with Crippen LogP contribution in [0.25, 0.3) is 11.0 Å². The molecule has 2 saturated heterocycles.